The van der Waals surface area contributed by atoms with Gasteiger partial charge in [0.1, 0.15) is 0 Å². The molecule has 0 aromatic heterocycles. The van der Waals surface area contributed by atoms with E-state index in [0.717, 1.165) is 9.80 Å². The van der Waals surface area contributed by atoms with Crippen LogP contribution in [0.4, 0.5) is 0 Å². The number of hydrogen-bond donors (Lipinski definition) is 4. The summed E-state index contributed by atoms with van der Waals surface area (Å²) in [5.74, 6) is -4.91. The van der Waals surface area contributed by atoms with Crippen LogP contribution >= 0.6 is 0 Å². The molecule has 0 fully saturated rings. The molecule has 0 spiro atoms. The van der Waals surface area contributed by atoms with E-state index in [1.54, 1.807) is 0 Å². The van der Waals surface area contributed by atoms with Crippen LogP contribution in [0.25, 0.3) is 0 Å². The number of nitrogens with zero attached hydrogens (tertiary/aromatic N) is 2. The van der Waals surface area contributed by atoms with Crippen LogP contribution in [0.3, 0.4) is 0 Å². The Bertz CT molecular complexity index is 339. The van der Waals surface area contributed by atoms with E-state index in [0.29, 0.717) is 0 Å². The molecule has 0 atom stereocenters. The van der Waals surface area contributed by atoms with Crippen LogP contribution in [0.1, 0.15) is 0 Å². The fourth-order valence-corrected chi connectivity index (χ4v) is 1.48. The molecular weight excluding hydrogens is 458 g/mol. The Labute approximate surface area is 239 Å². The first kappa shape index (κ1) is 63.1. The number of carbonyl (C=O) groups is 4. The molecule has 0 aromatic rings. The smallest absolute Gasteiger partial charge is 0.317 e. The van der Waals surface area contributed by atoms with Crippen molar-refractivity contribution in [1.29, 1.82) is 0 Å². The molecule has 0 amide bonds. The van der Waals surface area contributed by atoms with E-state index < -0.39 is 50.1 Å². The van der Waals surface area contributed by atoms with E-state index in [9.17, 15) is 19.2 Å². The molecule has 16 nitrogen and oxygen atoms in total. The van der Waals surface area contributed by atoms with Crippen molar-refractivity contribution in [3.05, 3.63) is 0 Å². The summed E-state index contributed by atoms with van der Waals surface area (Å²) in [6.45, 7) is -2.25. The third kappa shape index (κ3) is 43.5. The van der Waals surface area contributed by atoms with E-state index in [2.05, 4.69) is 0 Å². The minimum Gasteiger partial charge on any atom is -0.480 e. The number of aliphatic carboxylic acids is 4. The van der Waals surface area contributed by atoms with Crippen molar-refractivity contribution >= 4 is 121 Å². The van der Waals surface area contributed by atoms with Crippen LogP contribution in [0.5, 0.6) is 0 Å². The average molecular weight is 486 g/mol. The Balaban J connectivity index is -0.0000000501. The normalized spacial score (nSPS) is 7.38. The van der Waals surface area contributed by atoms with Gasteiger partial charge in [0, 0.05) is 110 Å². The topological polar surface area (TPSA) is 345 Å². The summed E-state index contributed by atoms with van der Waals surface area (Å²) in [6.07, 6.45) is 0. The average Bonchev–Trinajstić information content (AvgIpc) is 2.22. The minimum atomic E-state index is -1.23. The quantitative estimate of drug-likeness (QED) is 0.200. The number of carboxylic acid groups (broad SMARTS) is 4. The van der Waals surface area contributed by atoms with Crippen molar-refractivity contribution in [3.63, 3.8) is 0 Å². The molecule has 0 bridgehead atoms. The molecule has 19 heteroatoms. The fourth-order valence-electron chi connectivity index (χ4n) is 1.48. The predicted octanol–water partition coefficient (Wildman–Crippen LogP) is -8.16. The molecule has 0 saturated heterocycles. The van der Waals surface area contributed by atoms with E-state index in [4.69, 9.17) is 20.4 Å². The molecule has 29 heavy (non-hydrogen) atoms. The first-order chi connectivity index (χ1) is 9.20. The Hall–Kier alpha value is 0.820. The second-order valence-corrected chi connectivity index (χ2v) is 4.00. The van der Waals surface area contributed by atoms with Crippen molar-refractivity contribution < 1.29 is 72.5 Å². The van der Waals surface area contributed by atoms with Gasteiger partial charge in [0.05, 0.1) is 26.2 Å². The number of carboxylic acids is 4. The van der Waals surface area contributed by atoms with Gasteiger partial charge in [0.2, 0.25) is 0 Å². The largest absolute Gasteiger partial charge is 0.480 e. The SMILES string of the molecule is O.O.O.O.O.O.O=C(O)CN(CCN(CC(=O)O)CC(=O)O)CC(=O)O.[Ca].[Na].[Na]. The standard InChI is InChI=1S/C10H16N2O8.Ca.2Na.6H2O/c13-7(14)3-11(4-8(15)16)1-2-12(5-9(17)18)6-10(19)20;;;;;;;;;/h1-6H2,(H,13,14)(H,15,16)(H,17,18)(H,19,20);;;;6*1H2. The van der Waals surface area contributed by atoms with Crippen molar-refractivity contribution in [2.75, 3.05) is 39.3 Å². The predicted molar refractivity (Wildman–Crippen MR) is 102 cm³/mol. The van der Waals surface area contributed by atoms with Crippen LogP contribution in [-0.4, -0.2) is 223 Å². The molecule has 0 saturated carbocycles. The summed E-state index contributed by atoms with van der Waals surface area (Å²) in [5, 5.41) is 34.5. The zero-order valence-electron chi connectivity index (χ0n) is 16.3. The molecule has 0 unspecified atom stereocenters. The zero-order chi connectivity index (χ0) is 15.7. The van der Waals surface area contributed by atoms with Gasteiger partial charge in [0.25, 0.3) is 0 Å². The van der Waals surface area contributed by atoms with Gasteiger partial charge < -0.3 is 53.3 Å². The van der Waals surface area contributed by atoms with Crippen molar-refractivity contribution in [3.8, 4) is 0 Å². The zero-order valence-corrected chi connectivity index (χ0v) is 22.5. The van der Waals surface area contributed by atoms with Crippen LogP contribution in [0.15, 0.2) is 0 Å². The van der Waals surface area contributed by atoms with E-state index >= 15 is 0 Å². The van der Waals surface area contributed by atoms with E-state index in [1.165, 1.54) is 0 Å². The maximum absolute atomic E-state index is 10.6. The van der Waals surface area contributed by atoms with Gasteiger partial charge in [-0.3, -0.25) is 29.0 Å². The van der Waals surface area contributed by atoms with Gasteiger partial charge >= 0.3 is 23.9 Å². The van der Waals surface area contributed by atoms with Gasteiger partial charge in [-0.05, 0) is 0 Å². The van der Waals surface area contributed by atoms with E-state index in [1.807, 2.05) is 0 Å². The molecule has 0 aromatic carbocycles. The van der Waals surface area contributed by atoms with Gasteiger partial charge in [-0.1, -0.05) is 0 Å². The summed E-state index contributed by atoms with van der Waals surface area (Å²) in [4.78, 5) is 44.4. The first-order valence-corrected chi connectivity index (χ1v) is 5.52. The summed E-state index contributed by atoms with van der Waals surface area (Å²) >= 11 is 0. The molecule has 0 aliphatic rings. The number of hydrogen-bond acceptors (Lipinski definition) is 6. The third-order valence-corrected chi connectivity index (χ3v) is 2.17. The van der Waals surface area contributed by atoms with Gasteiger partial charge in [-0.25, -0.2) is 0 Å². The van der Waals surface area contributed by atoms with Crippen LogP contribution in [0.2, 0.25) is 0 Å². The Morgan fingerprint density at radius 1 is 0.483 bits per heavy atom. The minimum absolute atomic E-state index is 0. The van der Waals surface area contributed by atoms with Crippen molar-refractivity contribution in [1.82, 2.24) is 9.80 Å². The molecule has 4 radical (unpaired) electrons. The first-order valence-electron chi connectivity index (χ1n) is 5.52. The molecular formula is C10H28CaN2Na2O14. The van der Waals surface area contributed by atoms with Crippen LogP contribution < -0.4 is 0 Å². The molecule has 16 N–H and O–H groups in total. The summed E-state index contributed by atoms with van der Waals surface area (Å²) in [5.41, 5.74) is 0. The summed E-state index contributed by atoms with van der Waals surface area (Å²) in [7, 11) is 0. The Morgan fingerprint density at radius 3 is 0.724 bits per heavy atom. The Kier molecular flexibility index (Phi) is 78.7. The van der Waals surface area contributed by atoms with Crippen molar-refractivity contribution in [2.45, 2.75) is 0 Å². The van der Waals surface area contributed by atoms with Crippen molar-refractivity contribution in [2.24, 2.45) is 0 Å². The Morgan fingerprint density at radius 2 is 0.621 bits per heavy atom. The molecule has 0 aliphatic heterocycles. The maximum atomic E-state index is 10.6. The summed E-state index contributed by atoms with van der Waals surface area (Å²) in [6, 6.07) is 0. The third-order valence-electron chi connectivity index (χ3n) is 2.17. The monoisotopic (exact) mass is 486 g/mol. The van der Waals surface area contributed by atoms with Crippen LogP contribution in [-0.2, 0) is 19.2 Å². The second-order valence-electron chi connectivity index (χ2n) is 4.00. The molecule has 0 rings (SSSR count). The fraction of sp³-hybridized carbons (Fsp3) is 0.600. The summed E-state index contributed by atoms with van der Waals surface area (Å²) < 4.78 is 0. The maximum Gasteiger partial charge on any atom is 0.317 e. The van der Waals surface area contributed by atoms with Gasteiger partial charge in [0.15, 0.2) is 0 Å². The molecule has 166 valence electrons. The molecule has 0 heterocycles. The number of rotatable bonds is 11. The van der Waals surface area contributed by atoms with Gasteiger partial charge in [-0.2, -0.15) is 0 Å². The van der Waals surface area contributed by atoms with Crippen LogP contribution in [0, 0.1) is 0 Å². The molecule has 0 aliphatic carbocycles. The second kappa shape index (κ2) is 36.2. The van der Waals surface area contributed by atoms with E-state index in [-0.39, 0.29) is 143 Å². The van der Waals surface area contributed by atoms with Gasteiger partial charge in [-0.15, -0.1) is 0 Å².